The molecule has 2 atom stereocenters. The van der Waals surface area contributed by atoms with Gasteiger partial charge in [-0.15, -0.1) is 0 Å². The van der Waals surface area contributed by atoms with E-state index in [1.54, 1.807) is 23.2 Å². The number of aromatic nitrogens is 3. The second-order valence-corrected chi connectivity index (χ2v) is 16.8. The fraction of sp³-hybridized carbons (Fsp3) is 0.500. The number of likely N-dealkylation sites (N-methyl/N-ethyl adjacent to an activating group) is 1. The quantitative estimate of drug-likeness (QED) is 0.282. The van der Waals surface area contributed by atoms with Crippen LogP contribution in [0.2, 0.25) is 0 Å². The fourth-order valence-electron chi connectivity index (χ4n) is 9.63. The molecule has 5 saturated heterocycles. The van der Waals surface area contributed by atoms with Crippen LogP contribution in [0.5, 0.6) is 0 Å². The summed E-state index contributed by atoms with van der Waals surface area (Å²) in [6.07, 6.45) is 7.95. The van der Waals surface area contributed by atoms with Crippen LogP contribution in [0.1, 0.15) is 92.6 Å². The predicted molar refractivity (Wildman–Crippen MR) is 215 cm³/mol. The molecule has 59 heavy (non-hydrogen) atoms. The molecule has 7 amide bonds. The number of primary amides is 1. The minimum atomic E-state index is -0.976. The maximum atomic E-state index is 13.3. The maximum absolute atomic E-state index is 13.3. The highest BCUT2D eigenvalue weighted by molar-refractivity contribution is 6.23. The van der Waals surface area contributed by atoms with Gasteiger partial charge in [0.25, 0.3) is 17.7 Å². The zero-order valence-corrected chi connectivity index (χ0v) is 33.2. The summed E-state index contributed by atoms with van der Waals surface area (Å²) in [7, 11) is 1.83. The van der Waals surface area contributed by atoms with Crippen molar-refractivity contribution in [3.05, 3.63) is 76.5 Å². The van der Waals surface area contributed by atoms with E-state index in [1.165, 1.54) is 0 Å². The first-order chi connectivity index (χ1) is 28.5. The molecule has 6 aliphatic heterocycles. The molecule has 5 fully saturated rings. The van der Waals surface area contributed by atoms with Gasteiger partial charge in [-0.2, -0.15) is 0 Å². The number of nitrogens with one attached hydrogen (secondary N) is 1. The number of nitrogens with zero attached hydrogens (tertiary/aromatic N) is 9. The van der Waals surface area contributed by atoms with E-state index in [2.05, 4.69) is 37.1 Å². The molecule has 0 radical (unpaired) electrons. The maximum Gasteiger partial charge on any atom is 0.320 e. The summed E-state index contributed by atoms with van der Waals surface area (Å²) < 4.78 is 0. The first kappa shape index (κ1) is 38.5. The largest absolute Gasteiger partial charge is 0.371 e. The number of nitrogens with two attached hydrogens (primary N) is 1. The van der Waals surface area contributed by atoms with Crippen LogP contribution in [0.3, 0.4) is 0 Å². The summed E-state index contributed by atoms with van der Waals surface area (Å²) in [4.78, 5) is 101. The van der Waals surface area contributed by atoms with Crippen molar-refractivity contribution >= 4 is 47.1 Å². The highest BCUT2D eigenvalue weighted by atomic mass is 16.2. The summed E-state index contributed by atoms with van der Waals surface area (Å²) in [6.45, 7) is 7.54. The van der Waals surface area contributed by atoms with Crippen LogP contribution in [0.4, 0.5) is 16.3 Å². The fourth-order valence-corrected chi connectivity index (χ4v) is 9.63. The molecule has 0 aliphatic carbocycles. The van der Waals surface area contributed by atoms with E-state index < -0.39 is 35.6 Å². The molecule has 308 valence electrons. The lowest BCUT2D eigenvalue weighted by Crippen LogP contribution is -2.54. The highest BCUT2D eigenvalue weighted by Crippen LogP contribution is 2.34. The number of imide groups is 2. The Labute approximate surface area is 341 Å². The van der Waals surface area contributed by atoms with Crippen LogP contribution in [0.15, 0.2) is 42.7 Å². The number of hydrogen-bond acceptors (Lipinski definition) is 12. The van der Waals surface area contributed by atoms with Crippen molar-refractivity contribution in [2.45, 2.75) is 62.9 Å². The number of likely N-dealkylation sites (tertiary alicyclic amines) is 1. The van der Waals surface area contributed by atoms with Gasteiger partial charge in [-0.25, -0.2) is 14.8 Å². The molecular weight excluding hydrogens is 755 g/mol. The van der Waals surface area contributed by atoms with Gasteiger partial charge in [0.15, 0.2) is 0 Å². The zero-order valence-electron chi connectivity index (χ0n) is 33.2. The SMILES string of the molecule is CN1CCN([C@@H]2CCCN(c3cnc(C(N)=O)c(Cc4ccc(C5CCN(CC6CN(c7ccc8c(c7)C(=O)N([C@@H]7CCC(=O)NC7=O)C8=O)C6)CC5)nc4)n3)C2)C1=O. The van der Waals surface area contributed by atoms with Crippen LogP contribution in [-0.2, 0) is 16.0 Å². The Hall–Kier alpha value is -5.97. The molecule has 0 saturated carbocycles. The number of rotatable bonds is 10. The number of fused-ring (bicyclic) bond motifs is 1. The number of amides is 7. The third-order valence-electron chi connectivity index (χ3n) is 13.0. The van der Waals surface area contributed by atoms with E-state index in [-0.39, 0.29) is 36.2 Å². The standard InChI is InChI=1S/C42H49N11O6/c1-48-15-16-52(42(48)59)29-3-2-12-50(24-29)35-20-45-37(38(43)55)33(46-35)17-25-4-7-32(44-19-25)27-10-13-49(14-11-27)21-26-22-51(23-26)28-5-6-30-31(18-28)41(58)53(40(30)57)34-8-9-36(54)47-39(34)56/h4-7,18-20,26-27,29,34H,2-3,8-17,21-24H2,1H3,(H2,43,55)(H,47,54,56)/t29-,34-/m1/s1. The molecular formula is C42H49N11O6. The lowest BCUT2D eigenvalue weighted by molar-refractivity contribution is -0.136. The van der Waals surface area contributed by atoms with E-state index in [1.807, 2.05) is 24.2 Å². The van der Waals surface area contributed by atoms with Crippen LogP contribution < -0.4 is 20.9 Å². The normalized spacial score (nSPS) is 23.3. The third-order valence-corrected chi connectivity index (χ3v) is 13.0. The van der Waals surface area contributed by atoms with Gasteiger partial charge in [0.05, 0.1) is 29.1 Å². The summed E-state index contributed by atoms with van der Waals surface area (Å²) >= 11 is 0. The topological polar surface area (TPSA) is 199 Å². The summed E-state index contributed by atoms with van der Waals surface area (Å²) in [5, 5.41) is 2.24. The molecule has 0 unspecified atom stereocenters. The Balaban J connectivity index is 0.760. The molecule has 17 nitrogen and oxygen atoms in total. The Kier molecular flexibility index (Phi) is 10.2. The monoisotopic (exact) mass is 803 g/mol. The number of hydrogen-bond donors (Lipinski definition) is 2. The number of pyridine rings is 1. The molecule has 1 aromatic carbocycles. The number of benzene rings is 1. The van der Waals surface area contributed by atoms with Crippen molar-refractivity contribution in [3.63, 3.8) is 0 Å². The van der Waals surface area contributed by atoms with E-state index in [0.29, 0.717) is 41.9 Å². The van der Waals surface area contributed by atoms with Crippen molar-refractivity contribution in [2.24, 2.45) is 11.7 Å². The van der Waals surface area contributed by atoms with Gasteiger partial charge in [-0.3, -0.25) is 39.2 Å². The number of carbonyl (C=O) groups is 6. The Morgan fingerprint density at radius 3 is 2.36 bits per heavy atom. The second kappa shape index (κ2) is 15.7. The van der Waals surface area contributed by atoms with Crippen LogP contribution in [0, 0.1) is 5.92 Å². The van der Waals surface area contributed by atoms with Gasteiger partial charge < -0.3 is 30.2 Å². The Bertz CT molecular complexity index is 2200. The van der Waals surface area contributed by atoms with Crippen LogP contribution in [-0.4, -0.2) is 148 Å². The second-order valence-electron chi connectivity index (χ2n) is 16.8. The van der Waals surface area contributed by atoms with Crippen LogP contribution >= 0.6 is 0 Å². The average Bonchev–Trinajstić information content (AvgIpc) is 3.69. The van der Waals surface area contributed by atoms with E-state index in [9.17, 15) is 28.8 Å². The molecule has 2 aromatic heterocycles. The van der Waals surface area contributed by atoms with Crippen molar-refractivity contribution in [3.8, 4) is 0 Å². The minimum absolute atomic E-state index is 0.0646. The van der Waals surface area contributed by atoms with E-state index in [4.69, 9.17) is 15.7 Å². The summed E-state index contributed by atoms with van der Waals surface area (Å²) in [5.74, 6) is -1.10. The first-order valence-corrected chi connectivity index (χ1v) is 20.7. The third kappa shape index (κ3) is 7.47. The van der Waals surface area contributed by atoms with Gasteiger partial charge in [0, 0.05) is 95.1 Å². The van der Waals surface area contributed by atoms with E-state index >= 15 is 0 Å². The number of carbonyl (C=O) groups excluding carboxylic acids is 6. The molecule has 3 N–H and O–H groups in total. The van der Waals surface area contributed by atoms with Gasteiger partial charge >= 0.3 is 6.03 Å². The van der Waals surface area contributed by atoms with Crippen molar-refractivity contribution < 1.29 is 28.8 Å². The lowest BCUT2D eigenvalue weighted by Gasteiger charge is -2.44. The van der Waals surface area contributed by atoms with Crippen LogP contribution in [0.25, 0.3) is 0 Å². The van der Waals surface area contributed by atoms with Gasteiger partial charge in [-0.1, -0.05) is 6.07 Å². The Morgan fingerprint density at radius 2 is 1.64 bits per heavy atom. The number of urea groups is 1. The number of anilines is 2. The Morgan fingerprint density at radius 1 is 0.847 bits per heavy atom. The van der Waals surface area contributed by atoms with Gasteiger partial charge in [0.2, 0.25) is 11.8 Å². The molecule has 6 aliphatic rings. The molecule has 3 aromatic rings. The minimum Gasteiger partial charge on any atom is -0.371 e. The number of piperidine rings is 3. The molecule has 0 bridgehead atoms. The summed E-state index contributed by atoms with van der Waals surface area (Å²) in [5.41, 5.74) is 9.85. The average molecular weight is 804 g/mol. The van der Waals surface area contributed by atoms with Crippen molar-refractivity contribution in [1.29, 1.82) is 0 Å². The molecule has 17 heteroatoms. The first-order valence-electron chi connectivity index (χ1n) is 20.7. The zero-order chi connectivity index (χ0) is 40.9. The molecule has 9 rings (SSSR count). The van der Waals surface area contributed by atoms with E-state index in [0.717, 1.165) is 99.9 Å². The predicted octanol–water partition coefficient (Wildman–Crippen LogP) is 1.61. The van der Waals surface area contributed by atoms with Gasteiger partial charge in [-0.05, 0) is 75.0 Å². The smallest absolute Gasteiger partial charge is 0.320 e. The lowest BCUT2D eigenvalue weighted by atomic mass is 9.91. The highest BCUT2D eigenvalue weighted by Gasteiger charge is 2.45. The summed E-state index contributed by atoms with van der Waals surface area (Å²) in [6, 6.07) is 8.62. The van der Waals surface area contributed by atoms with Crippen molar-refractivity contribution in [1.82, 2.24) is 39.9 Å². The van der Waals surface area contributed by atoms with Crippen molar-refractivity contribution in [2.75, 3.05) is 75.8 Å². The molecule has 8 heterocycles. The molecule has 0 spiro atoms. The van der Waals surface area contributed by atoms with Gasteiger partial charge in [0.1, 0.15) is 17.6 Å².